The summed E-state index contributed by atoms with van der Waals surface area (Å²) >= 11 is 3.03. The van der Waals surface area contributed by atoms with Crippen molar-refractivity contribution in [2.24, 2.45) is 0 Å². The highest BCUT2D eigenvalue weighted by Gasteiger charge is 2.16. The number of nitrogens with zero attached hydrogens (tertiary/aromatic N) is 3. The summed E-state index contributed by atoms with van der Waals surface area (Å²) in [6.07, 6.45) is 7.38. The van der Waals surface area contributed by atoms with Gasteiger partial charge in [0.2, 0.25) is 0 Å². The van der Waals surface area contributed by atoms with Gasteiger partial charge in [-0.1, -0.05) is 12.5 Å². The molecule has 0 atom stereocenters. The number of nitriles is 1. The van der Waals surface area contributed by atoms with Gasteiger partial charge in [-0.2, -0.15) is 5.26 Å². The molecule has 1 aliphatic carbocycles. The summed E-state index contributed by atoms with van der Waals surface area (Å²) in [7, 11) is 0. The number of benzene rings is 1. The summed E-state index contributed by atoms with van der Waals surface area (Å²) in [5.74, 6) is -0.0493. The molecule has 4 N–H and O–H groups in total. The topological polar surface area (TPSA) is 120 Å². The monoisotopic (exact) mass is 462 g/mol. The molecular weight excluding hydrogens is 440 g/mol. The number of nitrogens with two attached hydrogens (primary N) is 1. The van der Waals surface area contributed by atoms with Gasteiger partial charge in [-0.15, -0.1) is 11.3 Å². The number of fused-ring (bicyclic) bond motifs is 1. The Hall–Kier alpha value is -3.19. The van der Waals surface area contributed by atoms with Gasteiger partial charge in [-0.05, 0) is 49.1 Å². The van der Waals surface area contributed by atoms with Crippen LogP contribution in [0.3, 0.4) is 0 Å². The Balaban J connectivity index is 0.000000158. The number of thiazole rings is 1. The molecule has 0 spiro atoms. The molecule has 162 valence electrons. The van der Waals surface area contributed by atoms with Crippen LogP contribution < -0.4 is 10.5 Å². The molecule has 1 aromatic carbocycles. The van der Waals surface area contributed by atoms with Gasteiger partial charge in [-0.25, -0.2) is 9.97 Å². The number of Topliss-reactive ketones (excluding diaryl/α,β-unsaturated/α-hetero) is 1. The number of pyridine rings is 1. The van der Waals surface area contributed by atoms with Crippen LogP contribution in [0.25, 0.3) is 21.6 Å². The summed E-state index contributed by atoms with van der Waals surface area (Å²) < 4.78 is 3.39. The molecule has 0 bridgehead atoms. The molecule has 4 aromatic rings. The quantitative estimate of drug-likeness (QED) is 0.276. The number of carbonyl (C=O) groups is 1. The Kier molecular flexibility index (Phi) is 6.85. The summed E-state index contributed by atoms with van der Waals surface area (Å²) in [5, 5.41) is 12.0. The van der Waals surface area contributed by atoms with Crippen molar-refractivity contribution in [1.82, 2.24) is 19.7 Å². The first-order chi connectivity index (χ1) is 15.5. The van der Waals surface area contributed by atoms with Crippen molar-refractivity contribution in [3.8, 4) is 16.6 Å². The highest BCUT2D eigenvalue weighted by molar-refractivity contribution is 7.97. The number of rotatable bonds is 5. The first-order valence-corrected chi connectivity index (χ1v) is 11.9. The summed E-state index contributed by atoms with van der Waals surface area (Å²) in [4.78, 5) is 23.9. The molecule has 1 saturated carbocycles. The van der Waals surface area contributed by atoms with E-state index < -0.39 is 0 Å². The predicted octanol–water partition coefficient (Wildman–Crippen LogP) is 5.18. The lowest BCUT2D eigenvalue weighted by Crippen LogP contribution is -2.29. The lowest BCUT2D eigenvalue weighted by Gasteiger charge is -2.25. The van der Waals surface area contributed by atoms with Gasteiger partial charge in [0.25, 0.3) is 0 Å². The number of hydrogen-bond donors (Lipinski definition) is 3. The molecule has 0 amide bonds. The second-order valence-corrected chi connectivity index (χ2v) is 9.18. The van der Waals surface area contributed by atoms with E-state index in [4.69, 9.17) is 11.0 Å². The van der Waals surface area contributed by atoms with Crippen LogP contribution in [0, 0.1) is 11.3 Å². The van der Waals surface area contributed by atoms with Crippen LogP contribution in [-0.2, 0) is 0 Å². The van der Waals surface area contributed by atoms with Crippen LogP contribution in [-0.4, -0.2) is 26.8 Å². The Labute approximate surface area is 194 Å². The third-order valence-corrected chi connectivity index (χ3v) is 6.95. The smallest absolute Gasteiger partial charge is 0.178 e. The van der Waals surface area contributed by atoms with Crippen molar-refractivity contribution in [3.63, 3.8) is 0 Å². The van der Waals surface area contributed by atoms with Gasteiger partial charge in [0.1, 0.15) is 16.3 Å². The second-order valence-electron chi connectivity index (χ2n) is 7.41. The van der Waals surface area contributed by atoms with Crippen molar-refractivity contribution in [2.45, 2.75) is 37.1 Å². The van der Waals surface area contributed by atoms with E-state index in [-0.39, 0.29) is 5.78 Å². The van der Waals surface area contributed by atoms with Crippen molar-refractivity contribution in [1.29, 1.82) is 5.26 Å². The number of aromatic amines is 1. The third kappa shape index (κ3) is 4.99. The average Bonchev–Trinajstić information content (AvgIpc) is 3.44. The number of nitrogen functional groups attached to an aromatic ring is 1. The lowest BCUT2D eigenvalue weighted by molar-refractivity contribution is 0.101. The number of anilines is 1. The van der Waals surface area contributed by atoms with Crippen LogP contribution in [0.15, 0.2) is 53.0 Å². The number of carbonyl (C=O) groups excluding carboxylic acids is 1. The highest BCUT2D eigenvalue weighted by atomic mass is 32.2. The fourth-order valence-electron chi connectivity index (χ4n) is 3.06. The van der Waals surface area contributed by atoms with E-state index in [0.29, 0.717) is 22.4 Å². The third-order valence-electron chi connectivity index (χ3n) is 5.14. The van der Waals surface area contributed by atoms with E-state index in [2.05, 4.69) is 25.7 Å². The van der Waals surface area contributed by atoms with E-state index in [0.717, 1.165) is 27.1 Å². The fourth-order valence-corrected chi connectivity index (χ4v) is 4.82. The average molecular weight is 463 g/mol. The second kappa shape index (κ2) is 9.96. The molecule has 1 fully saturated rings. The van der Waals surface area contributed by atoms with Crippen molar-refractivity contribution >= 4 is 45.8 Å². The zero-order valence-electron chi connectivity index (χ0n) is 17.5. The van der Waals surface area contributed by atoms with Crippen molar-refractivity contribution in [3.05, 3.63) is 59.4 Å². The minimum absolute atomic E-state index is 0.0493. The van der Waals surface area contributed by atoms with E-state index in [1.807, 2.05) is 30.3 Å². The molecule has 0 saturated heterocycles. The molecule has 1 aliphatic rings. The number of ketones is 1. The van der Waals surface area contributed by atoms with Gasteiger partial charge >= 0.3 is 0 Å². The Morgan fingerprint density at radius 2 is 2.22 bits per heavy atom. The van der Waals surface area contributed by atoms with Crippen molar-refractivity contribution in [2.75, 3.05) is 5.73 Å². The number of hydrogen-bond acceptors (Lipinski definition) is 8. The molecule has 32 heavy (non-hydrogen) atoms. The molecule has 3 aromatic heterocycles. The van der Waals surface area contributed by atoms with E-state index in [1.165, 1.54) is 37.5 Å². The van der Waals surface area contributed by atoms with Gasteiger partial charge < -0.3 is 10.7 Å². The first kappa shape index (κ1) is 22.0. The maximum absolute atomic E-state index is 11.2. The molecule has 0 aliphatic heterocycles. The number of H-pyrrole nitrogens is 1. The SMILES string of the molecule is CC(=O)c1csc(-c2cnc3[nH]ccc3c2N)n1.N#Cc1cccc(SNC2CCC2)c1. The van der Waals surface area contributed by atoms with Crippen molar-refractivity contribution < 1.29 is 4.79 Å². The van der Waals surface area contributed by atoms with Crippen LogP contribution in [0.2, 0.25) is 0 Å². The molecule has 0 unspecified atom stereocenters. The summed E-state index contributed by atoms with van der Waals surface area (Å²) in [6.45, 7) is 1.50. The van der Waals surface area contributed by atoms with E-state index in [1.54, 1.807) is 29.7 Å². The number of nitrogens with one attached hydrogen (secondary N) is 2. The summed E-state index contributed by atoms with van der Waals surface area (Å²) in [5.41, 5.74) is 9.43. The molecule has 3 heterocycles. The minimum Gasteiger partial charge on any atom is -0.398 e. The van der Waals surface area contributed by atoms with Gasteiger partial charge in [0, 0.05) is 41.0 Å². The molecule has 5 rings (SSSR count). The lowest BCUT2D eigenvalue weighted by atomic mass is 9.94. The van der Waals surface area contributed by atoms with Gasteiger partial charge in [0.15, 0.2) is 5.78 Å². The molecule has 9 heteroatoms. The van der Waals surface area contributed by atoms with Crippen LogP contribution >= 0.6 is 23.3 Å². The first-order valence-electron chi connectivity index (χ1n) is 10.2. The largest absolute Gasteiger partial charge is 0.398 e. The van der Waals surface area contributed by atoms with Gasteiger partial charge in [0.05, 0.1) is 22.9 Å². The highest BCUT2D eigenvalue weighted by Crippen LogP contribution is 2.32. The fraction of sp³-hybridized carbons (Fsp3) is 0.217. The Morgan fingerprint density at radius 3 is 2.91 bits per heavy atom. The standard InChI is InChI=1S/C12H10N4OS.C11H12N2S/c1-6(17)9-5-18-12(16-9)8-4-15-11-7(10(8)13)2-3-14-11;12-8-9-3-1-6-11(7-9)14-13-10-4-2-5-10/h2-5H,1H3,(H3,13,14,15);1,3,6-7,10,13H,2,4-5H2. The molecular formula is C23H22N6OS2. The van der Waals surface area contributed by atoms with Crippen LogP contribution in [0.1, 0.15) is 42.2 Å². The minimum atomic E-state index is -0.0493. The Bertz CT molecular complexity index is 1290. The summed E-state index contributed by atoms with van der Waals surface area (Å²) in [6, 6.07) is 12.4. The maximum Gasteiger partial charge on any atom is 0.178 e. The Morgan fingerprint density at radius 1 is 1.38 bits per heavy atom. The van der Waals surface area contributed by atoms with Crippen LogP contribution in [0.5, 0.6) is 0 Å². The zero-order chi connectivity index (χ0) is 22.5. The maximum atomic E-state index is 11.2. The molecule has 0 radical (unpaired) electrons. The normalized spacial score (nSPS) is 13.1. The van der Waals surface area contributed by atoms with Gasteiger partial charge in [-0.3, -0.25) is 9.52 Å². The van der Waals surface area contributed by atoms with E-state index in [9.17, 15) is 4.79 Å². The molecule has 7 nitrogen and oxygen atoms in total. The predicted molar refractivity (Wildman–Crippen MR) is 129 cm³/mol. The number of aromatic nitrogens is 3. The van der Waals surface area contributed by atoms with Crippen LogP contribution in [0.4, 0.5) is 5.69 Å². The van der Waals surface area contributed by atoms with E-state index >= 15 is 0 Å². The zero-order valence-corrected chi connectivity index (χ0v) is 19.1.